The molecule has 0 saturated carbocycles. The lowest BCUT2D eigenvalue weighted by Crippen LogP contribution is -2.44. The molecule has 3 aromatic rings. The fraction of sp³-hybridized carbons (Fsp3) is 0.320. The summed E-state index contributed by atoms with van der Waals surface area (Å²) in [7, 11) is 2.16. The molecule has 2 aromatic carbocycles. The summed E-state index contributed by atoms with van der Waals surface area (Å²) < 4.78 is 0. The number of anilines is 2. The number of hydrogen-bond acceptors (Lipinski definition) is 6. The number of hydrogen-bond donors (Lipinski definition) is 2. The van der Waals surface area contributed by atoms with Crippen LogP contribution in [0.15, 0.2) is 48.7 Å². The Hall–Kier alpha value is -3.45. The molecule has 5 rings (SSSR count). The number of likely N-dealkylation sites (N-methyl/N-ethyl adjacent to an activating group) is 1. The predicted molar refractivity (Wildman–Crippen MR) is 128 cm³/mol. The van der Waals surface area contributed by atoms with E-state index in [0.29, 0.717) is 17.1 Å². The molecule has 0 atom stereocenters. The van der Waals surface area contributed by atoms with Gasteiger partial charge in [-0.2, -0.15) is 0 Å². The van der Waals surface area contributed by atoms with Gasteiger partial charge in [0.1, 0.15) is 11.5 Å². The molecule has 0 radical (unpaired) electrons. The summed E-state index contributed by atoms with van der Waals surface area (Å²) in [6, 6.07) is 14.2. The number of carbonyl (C=O) groups excluding carboxylic acids is 1. The number of benzene rings is 2. The summed E-state index contributed by atoms with van der Waals surface area (Å²) in [4.78, 5) is 26.2. The quantitative estimate of drug-likeness (QED) is 0.667. The van der Waals surface area contributed by atoms with Crippen LogP contribution < -0.4 is 16.0 Å². The molecule has 164 valence electrons. The van der Waals surface area contributed by atoms with Crippen molar-refractivity contribution in [1.29, 1.82) is 0 Å². The van der Waals surface area contributed by atoms with Crippen molar-refractivity contribution >= 4 is 17.4 Å². The second-order valence-corrected chi connectivity index (χ2v) is 9.17. The van der Waals surface area contributed by atoms with E-state index < -0.39 is 5.54 Å². The normalized spacial score (nSPS) is 17.8. The molecule has 32 heavy (non-hydrogen) atoms. The molecule has 3 N–H and O–H groups in total. The fourth-order valence-electron chi connectivity index (χ4n) is 4.48. The third-order valence-electron chi connectivity index (χ3n) is 6.47. The number of amides is 1. The summed E-state index contributed by atoms with van der Waals surface area (Å²) in [6.45, 7) is 8.21. The van der Waals surface area contributed by atoms with Crippen molar-refractivity contribution in [2.75, 3.05) is 43.9 Å². The first-order valence-electron chi connectivity index (χ1n) is 11.0. The zero-order valence-corrected chi connectivity index (χ0v) is 18.7. The van der Waals surface area contributed by atoms with Crippen LogP contribution in [0.25, 0.3) is 22.5 Å². The van der Waals surface area contributed by atoms with Crippen molar-refractivity contribution in [3.63, 3.8) is 0 Å². The molecular formula is C25H28N6O. The topological polar surface area (TPSA) is 87.4 Å². The van der Waals surface area contributed by atoms with Gasteiger partial charge in [-0.3, -0.25) is 4.79 Å². The number of nitrogens with two attached hydrogens (primary N) is 1. The molecule has 7 nitrogen and oxygen atoms in total. The number of nitrogens with one attached hydrogen (secondary N) is 1. The molecule has 0 aliphatic carbocycles. The third-order valence-corrected chi connectivity index (χ3v) is 6.47. The van der Waals surface area contributed by atoms with Gasteiger partial charge in [-0.15, -0.1) is 0 Å². The van der Waals surface area contributed by atoms with E-state index in [0.717, 1.165) is 48.6 Å². The molecule has 1 fully saturated rings. The fourth-order valence-corrected chi connectivity index (χ4v) is 4.48. The average molecular weight is 429 g/mol. The molecule has 2 aliphatic rings. The van der Waals surface area contributed by atoms with Crippen LogP contribution in [0.4, 0.5) is 11.5 Å². The van der Waals surface area contributed by atoms with E-state index in [2.05, 4.69) is 51.4 Å². The summed E-state index contributed by atoms with van der Waals surface area (Å²) in [5, 5.41) is 3.01. The zero-order valence-electron chi connectivity index (χ0n) is 18.7. The van der Waals surface area contributed by atoms with Crippen molar-refractivity contribution in [3.8, 4) is 22.5 Å². The zero-order chi connectivity index (χ0) is 22.5. The van der Waals surface area contributed by atoms with E-state index in [1.807, 2.05) is 32.0 Å². The van der Waals surface area contributed by atoms with Gasteiger partial charge in [0.05, 0.1) is 17.4 Å². The smallest absolute Gasteiger partial charge is 0.252 e. The number of nitrogens with zero attached hydrogens (tertiary/aromatic N) is 4. The first kappa shape index (κ1) is 20.5. The largest absolute Gasteiger partial charge is 0.382 e. The maximum absolute atomic E-state index is 12.2. The number of rotatable bonds is 3. The van der Waals surface area contributed by atoms with E-state index in [1.54, 1.807) is 6.20 Å². The van der Waals surface area contributed by atoms with Crippen LogP contribution in [-0.4, -0.2) is 54.0 Å². The van der Waals surface area contributed by atoms with Gasteiger partial charge in [0.25, 0.3) is 5.91 Å². The Kier molecular flexibility index (Phi) is 4.86. The maximum atomic E-state index is 12.2. The Morgan fingerprint density at radius 2 is 1.69 bits per heavy atom. The Morgan fingerprint density at radius 3 is 2.41 bits per heavy atom. The highest BCUT2D eigenvalue weighted by molar-refractivity contribution is 6.00. The number of nitrogen functional groups attached to an aromatic ring is 1. The van der Waals surface area contributed by atoms with Gasteiger partial charge in [0.2, 0.25) is 0 Å². The number of aromatic nitrogens is 2. The highest BCUT2D eigenvalue weighted by Gasteiger charge is 2.35. The van der Waals surface area contributed by atoms with Crippen LogP contribution in [0, 0.1) is 0 Å². The predicted octanol–water partition coefficient (Wildman–Crippen LogP) is 3.12. The maximum Gasteiger partial charge on any atom is 0.252 e. The standard InChI is InChI=1S/C25H28N6O/c1-25(2)20-14-17(6-9-19(20)24(32)29-25)22-23(26)27-15-21(28-22)16-4-7-18(8-5-16)31-12-10-30(3)11-13-31/h4-9,14-15H,10-13H2,1-3H3,(H2,26,27)(H,29,32). The number of carbonyl (C=O) groups is 1. The van der Waals surface area contributed by atoms with Crippen molar-refractivity contribution < 1.29 is 4.79 Å². The molecule has 2 aliphatic heterocycles. The third kappa shape index (κ3) is 3.58. The van der Waals surface area contributed by atoms with Crippen LogP contribution in [0.3, 0.4) is 0 Å². The summed E-state index contributed by atoms with van der Waals surface area (Å²) >= 11 is 0. The van der Waals surface area contributed by atoms with Gasteiger partial charge in [0.15, 0.2) is 0 Å². The van der Waals surface area contributed by atoms with Crippen LogP contribution >= 0.6 is 0 Å². The second kappa shape index (κ2) is 7.60. The number of piperazine rings is 1. The van der Waals surface area contributed by atoms with Crippen molar-refractivity contribution in [1.82, 2.24) is 20.2 Å². The summed E-state index contributed by atoms with van der Waals surface area (Å²) in [5.41, 5.74) is 11.9. The average Bonchev–Trinajstić information content (AvgIpc) is 3.02. The molecule has 1 aromatic heterocycles. The monoisotopic (exact) mass is 428 g/mol. The summed E-state index contributed by atoms with van der Waals surface area (Å²) in [6.07, 6.45) is 1.71. The minimum atomic E-state index is -0.429. The lowest BCUT2D eigenvalue weighted by Gasteiger charge is -2.34. The molecule has 7 heteroatoms. The molecule has 0 spiro atoms. The molecular weight excluding hydrogens is 400 g/mol. The Balaban J connectivity index is 1.46. The summed E-state index contributed by atoms with van der Waals surface area (Å²) in [5.74, 6) is 0.322. The van der Waals surface area contributed by atoms with E-state index in [-0.39, 0.29) is 5.91 Å². The van der Waals surface area contributed by atoms with Gasteiger partial charge >= 0.3 is 0 Å². The van der Waals surface area contributed by atoms with Gasteiger partial charge < -0.3 is 20.9 Å². The molecule has 1 saturated heterocycles. The highest BCUT2D eigenvalue weighted by Crippen LogP contribution is 2.35. The van der Waals surface area contributed by atoms with E-state index >= 15 is 0 Å². The SMILES string of the molecule is CN1CCN(c2ccc(-c3cnc(N)c(-c4ccc5c(c4)C(C)(C)NC5=O)n3)cc2)CC1. The van der Waals surface area contributed by atoms with Crippen molar-refractivity contribution in [2.24, 2.45) is 0 Å². The van der Waals surface area contributed by atoms with Crippen LogP contribution in [0.1, 0.15) is 29.8 Å². The highest BCUT2D eigenvalue weighted by atomic mass is 16.2. The Labute approximate surface area is 188 Å². The lowest BCUT2D eigenvalue weighted by molar-refractivity contribution is 0.0940. The number of fused-ring (bicyclic) bond motifs is 1. The van der Waals surface area contributed by atoms with Crippen LogP contribution in [0.2, 0.25) is 0 Å². The minimum absolute atomic E-state index is 0.0511. The van der Waals surface area contributed by atoms with Crippen molar-refractivity contribution in [3.05, 3.63) is 59.8 Å². The molecule has 0 bridgehead atoms. The van der Waals surface area contributed by atoms with E-state index in [1.165, 1.54) is 5.69 Å². The van der Waals surface area contributed by atoms with Gasteiger partial charge in [-0.1, -0.05) is 18.2 Å². The second-order valence-electron chi connectivity index (χ2n) is 9.17. The first-order chi connectivity index (χ1) is 15.3. The molecule has 3 heterocycles. The van der Waals surface area contributed by atoms with Crippen LogP contribution in [-0.2, 0) is 5.54 Å². The van der Waals surface area contributed by atoms with E-state index in [9.17, 15) is 4.79 Å². The van der Waals surface area contributed by atoms with Gasteiger partial charge in [0, 0.05) is 48.6 Å². The first-order valence-corrected chi connectivity index (χ1v) is 11.0. The van der Waals surface area contributed by atoms with E-state index in [4.69, 9.17) is 10.7 Å². The van der Waals surface area contributed by atoms with Crippen molar-refractivity contribution in [2.45, 2.75) is 19.4 Å². The minimum Gasteiger partial charge on any atom is -0.382 e. The Morgan fingerprint density at radius 1 is 1.00 bits per heavy atom. The van der Waals surface area contributed by atoms with Gasteiger partial charge in [-0.05, 0) is 50.7 Å². The molecule has 1 amide bonds. The lowest BCUT2D eigenvalue weighted by atomic mass is 9.92. The molecule has 0 unspecified atom stereocenters. The van der Waals surface area contributed by atoms with Crippen LogP contribution in [0.5, 0.6) is 0 Å². The Bertz CT molecular complexity index is 1180. The van der Waals surface area contributed by atoms with Gasteiger partial charge in [-0.25, -0.2) is 9.97 Å².